The van der Waals surface area contributed by atoms with Gasteiger partial charge in [0, 0.05) is 52.9 Å². The fourth-order valence-corrected chi connectivity index (χ4v) is 26.3. The van der Waals surface area contributed by atoms with Gasteiger partial charge in [-0.1, -0.05) is 49.7 Å². The third kappa shape index (κ3) is 27.7. The molecule has 2 N–H and O–H groups in total. The summed E-state index contributed by atoms with van der Waals surface area (Å²) in [5.41, 5.74) is 5.40. The number of carbonyl (C=O) groups excluding carboxylic acids is 7. The molecule has 5 aromatic carbocycles. The van der Waals surface area contributed by atoms with E-state index in [-0.39, 0.29) is 76.7 Å². The summed E-state index contributed by atoms with van der Waals surface area (Å²) in [6, 6.07) is 23.5. The van der Waals surface area contributed by atoms with Gasteiger partial charge in [0.05, 0.1) is 41.1 Å². The summed E-state index contributed by atoms with van der Waals surface area (Å²) < 4.78 is 136. The Morgan fingerprint density at radius 2 is 0.913 bits per heavy atom. The van der Waals surface area contributed by atoms with Gasteiger partial charge in [-0.05, 0) is 151 Å². The van der Waals surface area contributed by atoms with Gasteiger partial charge in [0.2, 0.25) is 0 Å². The number of methoxy groups -OCH3 is 1. The molecular formula is C75H84F9NaO14PbS3. The Bertz CT molecular complexity index is 3820. The normalized spacial score (nSPS) is 16.9. The zero-order valence-electron chi connectivity index (χ0n) is 59.2. The van der Waals surface area contributed by atoms with E-state index in [1.165, 1.54) is 87.4 Å². The number of hydrogen-bond donors (Lipinski definition) is 2. The van der Waals surface area contributed by atoms with Gasteiger partial charge in [-0.2, -0.15) is 39.5 Å². The Balaban J connectivity index is 0.000000293. The maximum absolute atomic E-state index is 13.1. The van der Waals surface area contributed by atoms with Crippen molar-refractivity contribution < 1.29 is 131 Å². The largest absolute Gasteiger partial charge is 1.00 e. The molecule has 103 heavy (non-hydrogen) atoms. The van der Waals surface area contributed by atoms with Crippen LogP contribution in [0.25, 0.3) is 5.57 Å². The van der Waals surface area contributed by atoms with Crippen LogP contribution in [0.5, 0.6) is 0 Å². The number of aliphatic hydroxyl groups excluding tert-OH is 2. The van der Waals surface area contributed by atoms with Crippen LogP contribution in [0, 0.1) is 37.5 Å². The smallest absolute Gasteiger partial charge is 0.875 e. The van der Waals surface area contributed by atoms with Gasteiger partial charge >= 0.3 is 203 Å². The molecule has 28 heteroatoms. The van der Waals surface area contributed by atoms with Crippen molar-refractivity contribution in [3.8, 4) is 0 Å². The van der Waals surface area contributed by atoms with Gasteiger partial charge in [0.25, 0.3) is 0 Å². The minimum atomic E-state index is -5.17. The van der Waals surface area contributed by atoms with Crippen LogP contribution < -0.4 is 37.8 Å². The molecule has 0 aliphatic heterocycles. The third-order valence-electron chi connectivity index (χ3n) is 16.5. The number of allylic oxidation sites excluding steroid dienone is 5. The predicted octanol–water partition coefficient (Wildman–Crippen LogP) is 13.9. The molecule has 3 aliphatic rings. The number of benzene rings is 5. The second-order valence-corrected chi connectivity index (χ2v) is 36.7. The molecule has 0 spiro atoms. The number of ether oxygens (including phenoxy) is 1. The number of aryl methyl sites for hydroxylation is 6. The van der Waals surface area contributed by atoms with Crippen molar-refractivity contribution in [2.24, 2.45) is 23.7 Å². The van der Waals surface area contributed by atoms with Gasteiger partial charge in [-0.15, -0.1) is 41.0 Å². The number of Topliss-reactive ketones (excluding diaryl/α,β-unsaturated/α-hetero) is 1. The van der Waals surface area contributed by atoms with E-state index in [1.807, 2.05) is 39.8 Å². The number of thioether (sulfide) groups is 3. The summed E-state index contributed by atoms with van der Waals surface area (Å²) in [6.07, 6.45) is -4.74. The van der Waals surface area contributed by atoms with Gasteiger partial charge in [0.1, 0.15) is 5.76 Å². The molecule has 4 unspecified atom stereocenters. The van der Waals surface area contributed by atoms with Crippen LogP contribution in [-0.4, -0.2) is 98.3 Å². The zero-order chi connectivity index (χ0) is 76.0. The molecule has 554 valence electrons. The van der Waals surface area contributed by atoms with Gasteiger partial charge in [-0.25, -0.2) is 0 Å². The van der Waals surface area contributed by atoms with Crippen LogP contribution >= 0.6 is 35.3 Å². The third-order valence-corrected chi connectivity index (χ3v) is 30.9. The molecule has 4 atom stereocenters. The summed E-state index contributed by atoms with van der Waals surface area (Å²) in [5, 5.41) is 32.1. The molecule has 0 aromatic heterocycles. The van der Waals surface area contributed by atoms with E-state index >= 15 is 0 Å². The zero-order valence-corrected chi connectivity index (χ0v) is 67.6. The van der Waals surface area contributed by atoms with Gasteiger partial charge < -0.3 is 20.1 Å². The first kappa shape index (κ1) is 89.3. The summed E-state index contributed by atoms with van der Waals surface area (Å²) in [6.45, 7) is 15.7. The minimum absolute atomic E-state index is 0. The molecule has 0 saturated carbocycles. The SMILES string of the molecule is CCc1cc(C)cc(CC)[c]1[Pb]([O]C(C)=O)([O]C(C)=O)[O]C(C)=O.CCc1cc(C)cc(CC)c1C1=C(O)CC(CCSc2cccc(C(F)(F)F)c2)CC1=O.COC(=O)C1C([O-])=CC(=O)CC1CCSc1cccc(C(F)(F)F)c1.O=C1C=C(O)CC(CCSc2cccc(C(F)(F)F)c2)C1.[Na+]. The first-order chi connectivity index (χ1) is 47.8. The van der Waals surface area contributed by atoms with Gasteiger partial charge in [-0.3, -0.25) is 19.2 Å². The first-order valence-electron chi connectivity index (χ1n) is 33.0. The summed E-state index contributed by atoms with van der Waals surface area (Å²) in [4.78, 5) is 84.4. The Hall–Kier alpha value is -6.05. The van der Waals surface area contributed by atoms with Crippen LogP contribution in [0.3, 0.4) is 0 Å². The Kier molecular flexibility index (Phi) is 35.7. The monoisotopic (exact) mass is 1710 g/mol. The van der Waals surface area contributed by atoms with E-state index in [1.54, 1.807) is 18.2 Å². The van der Waals surface area contributed by atoms with E-state index < -0.39 is 99.2 Å². The molecule has 0 bridgehead atoms. The molecule has 0 fully saturated rings. The molecule has 0 amide bonds. The Morgan fingerprint density at radius 1 is 0.534 bits per heavy atom. The van der Waals surface area contributed by atoms with E-state index in [4.69, 9.17) is 8.06 Å². The fourth-order valence-electron chi connectivity index (χ4n) is 12.0. The number of esters is 1. The molecule has 14 nitrogen and oxygen atoms in total. The van der Waals surface area contributed by atoms with Crippen molar-refractivity contribution in [1.29, 1.82) is 0 Å². The molecule has 0 radical (unpaired) electrons. The molecule has 5 aromatic rings. The van der Waals surface area contributed by atoms with Crippen LogP contribution in [-0.2, 0) is 90.6 Å². The van der Waals surface area contributed by atoms with E-state index in [0.29, 0.717) is 98.4 Å². The average Bonchev–Trinajstić information content (AvgIpc) is 0.772. The van der Waals surface area contributed by atoms with Crippen LogP contribution in [0.1, 0.15) is 155 Å². The molecule has 0 heterocycles. The van der Waals surface area contributed by atoms with Crippen LogP contribution in [0.15, 0.2) is 141 Å². The topological polar surface area (TPSA) is 220 Å². The number of rotatable bonds is 22. The Morgan fingerprint density at radius 3 is 1.27 bits per heavy atom. The van der Waals surface area contributed by atoms with E-state index in [9.17, 15) is 88.4 Å². The number of halogens is 9. The predicted molar refractivity (Wildman–Crippen MR) is 373 cm³/mol. The van der Waals surface area contributed by atoms with Crippen molar-refractivity contribution in [3.05, 3.63) is 182 Å². The van der Waals surface area contributed by atoms with Crippen molar-refractivity contribution >= 4 is 108 Å². The molecule has 8 rings (SSSR count). The van der Waals surface area contributed by atoms with Crippen molar-refractivity contribution in [2.75, 3.05) is 24.4 Å². The van der Waals surface area contributed by atoms with Crippen molar-refractivity contribution in [3.63, 3.8) is 0 Å². The summed E-state index contributed by atoms with van der Waals surface area (Å²) in [5.74, 6) is -3.30. The average molecular weight is 1710 g/mol. The van der Waals surface area contributed by atoms with Gasteiger partial charge in [0.15, 0.2) is 17.3 Å². The van der Waals surface area contributed by atoms with Crippen LogP contribution in [0.4, 0.5) is 39.5 Å². The van der Waals surface area contributed by atoms with Crippen molar-refractivity contribution in [2.45, 2.75) is 173 Å². The number of alkyl halides is 9. The quantitative estimate of drug-likeness (QED) is 0.0285. The minimum Gasteiger partial charge on any atom is -0.875 e. The van der Waals surface area contributed by atoms with Crippen LogP contribution in [0.2, 0.25) is 0 Å². The maximum atomic E-state index is 13.1. The second-order valence-electron chi connectivity index (χ2n) is 24.5. The fraction of sp³-hybridized carbons (Fsp3) is 0.427. The number of hydrogen-bond acceptors (Lipinski definition) is 17. The second kappa shape index (κ2) is 41.2. The molecule has 3 aliphatic carbocycles. The summed E-state index contributed by atoms with van der Waals surface area (Å²) in [7, 11) is 1.17. The number of ketones is 3. The van der Waals surface area contributed by atoms with Crippen molar-refractivity contribution in [1.82, 2.24) is 0 Å². The molecular weight excluding hydrogens is 1620 g/mol. The Labute approximate surface area is 636 Å². The summed E-state index contributed by atoms with van der Waals surface area (Å²) >= 11 is -1.31. The first-order valence-corrected chi connectivity index (χ1v) is 42.6. The number of carbonyl (C=O) groups is 7. The maximum Gasteiger partial charge on any atom is 1.00 e. The standard InChI is InChI=1S/C26H29F3O2S.C17H17F3O4S.C15H15F3O2S.C11H15.3C2H4O2.Na.Pb/c1-4-18-11-16(3)12-19(5-2)24(18)25-22(30)13-17(14-23(25)31)9-10-32-21-8-6-7-20(15-21)26(27,28)29;1-24-16(23)15-10(7-12(21)9-14(15)22)5-6-25-13-4-2-3-11(8-13)17(18,19)20;16-15(17,18)11-2-1-3-14(8-11)21-5-4-10-6-12(19)9-13(20)7-10;1-4-10-6-9(3)7-11(5-2)8-10;3*1-2(3)4;;/h6-8,11-12,15,17,30H,4-5,9-10,13-14H2,1-3H3;2-4,8-10,15,22H,5-7H2,1H3;1-3,8-10,19H,4-7H2;6-7H,4-5H2,1-3H3;3*1H3,(H,3,4);;/q;;;;;;;+1;+3/p-4. The van der Waals surface area contributed by atoms with E-state index in [0.717, 1.165) is 94.3 Å². The number of aliphatic hydroxyl groups is 2. The van der Waals surface area contributed by atoms with E-state index in [2.05, 4.69) is 30.7 Å². The molecule has 0 saturated heterocycles.